The largest absolute Gasteiger partial charge is 0.508 e. The third kappa shape index (κ3) is 2.23. The highest BCUT2D eigenvalue weighted by atomic mass is 19.1. The predicted molar refractivity (Wildman–Crippen MR) is 54.9 cm³/mol. The summed E-state index contributed by atoms with van der Waals surface area (Å²) >= 11 is 0. The minimum Gasteiger partial charge on any atom is -0.508 e. The maximum absolute atomic E-state index is 13.6. The quantitative estimate of drug-likeness (QED) is 0.781. The number of benzene rings is 1. The van der Waals surface area contributed by atoms with E-state index in [1.807, 2.05) is 6.92 Å². The van der Waals surface area contributed by atoms with Crippen LogP contribution in [0.5, 0.6) is 5.75 Å². The van der Waals surface area contributed by atoms with Gasteiger partial charge < -0.3 is 10.8 Å². The number of hydrogen-bond acceptors (Lipinski definition) is 2. The molecular formula is C11H16FNO. The van der Waals surface area contributed by atoms with Crippen molar-refractivity contribution >= 4 is 0 Å². The number of nitrogens with two attached hydrogens (primary N) is 1. The van der Waals surface area contributed by atoms with Crippen LogP contribution in [0, 0.1) is 12.7 Å². The molecule has 3 N–H and O–H groups in total. The first-order valence-electron chi connectivity index (χ1n) is 4.75. The van der Waals surface area contributed by atoms with E-state index in [-0.39, 0.29) is 17.5 Å². The molecule has 2 nitrogen and oxygen atoms in total. The molecular weight excluding hydrogens is 181 g/mol. The molecule has 0 saturated heterocycles. The maximum atomic E-state index is 13.6. The van der Waals surface area contributed by atoms with Crippen LogP contribution in [-0.4, -0.2) is 11.7 Å². The van der Waals surface area contributed by atoms with Crippen molar-refractivity contribution in [2.24, 2.45) is 5.73 Å². The highest BCUT2D eigenvalue weighted by Gasteiger charge is 2.13. The Morgan fingerprint density at radius 2 is 2.14 bits per heavy atom. The number of aryl methyl sites for hydroxylation is 1. The number of rotatable bonds is 3. The molecule has 0 aliphatic heterocycles. The van der Waals surface area contributed by atoms with E-state index in [0.717, 1.165) is 6.42 Å². The molecule has 0 fully saturated rings. The summed E-state index contributed by atoms with van der Waals surface area (Å²) in [6, 6.07) is 2.90. The number of phenolic OH excluding ortho intramolecular Hbond substituents is 1. The Kier molecular flexibility index (Phi) is 3.47. The van der Waals surface area contributed by atoms with Crippen LogP contribution >= 0.6 is 0 Å². The minimum absolute atomic E-state index is 0.0470. The highest BCUT2D eigenvalue weighted by molar-refractivity contribution is 5.36. The molecule has 0 spiro atoms. The summed E-state index contributed by atoms with van der Waals surface area (Å²) in [5.41, 5.74) is 6.43. The van der Waals surface area contributed by atoms with Gasteiger partial charge >= 0.3 is 0 Å². The molecule has 0 aromatic heterocycles. The van der Waals surface area contributed by atoms with Gasteiger partial charge in [-0.25, -0.2) is 4.39 Å². The van der Waals surface area contributed by atoms with Gasteiger partial charge in [0.25, 0.3) is 0 Å². The normalized spacial score (nSPS) is 12.9. The van der Waals surface area contributed by atoms with E-state index in [2.05, 4.69) is 0 Å². The van der Waals surface area contributed by atoms with E-state index in [1.165, 1.54) is 12.1 Å². The highest BCUT2D eigenvalue weighted by Crippen LogP contribution is 2.27. The molecule has 1 rings (SSSR count). The summed E-state index contributed by atoms with van der Waals surface area (Å²) in [6.07, 6.45) is 0.722. The van der Waals surface area contributed by atoms with Crippen LogP contribution in [0.25, 0.3) is 0 Å². The Hall–Kier alpha value is -1.09. The van der Waals surface area contributed by atoms with Crippen molar-refractivity contribution in [3.8, 4) is 5.75 Å². The first-order chi connectivity index (χ1) is 6.56. The van der Waals surface area contributed by atoms with Crippen LogP contribution in [0.1, 0.15) is 30.4 Å². The Morgan fingerprint density at radius 3 is 2.71 bits per heavy atom. The third-order valence-corrected chi connectivity index (χ3v) is 2.40. The zero-order valence-corrected chi connectivity index (χ0v) is 8.55. The van der Waals surface area contributed by atoms with Crippen LogP contribution in [0.3, 0.4) is 0 Å². The van der Waals surface area contributed by atoms with Gasteiger partial charge in [0.1, 0.15) is 11.6 Å². The maximum Gasteiger partial charge on any atom is 0.129 e. The molecule has 1 unspecified atom stereocenters. The summed E-state index contributed by atoms with van der Waals surface area (Å²) in [4.78, 5) is 0. The molecule has 0 amide bonds. The van der Waals surface area contributed by atoms with Gasteiger partial charge in [0.05, 0.1) is 0 Å². The SMILES string of the molecule is Cc1cc(O)cc(C(C)CCN)c1F. The molecule has 0 aliphatic carbocycles. The predicted octanol–water partition coefficient (Wildman–Crippen LogP) is 2.29. The van der Waals surface area contributed by atoms with Gasteiger partial charge in [0, 0.05) is 0 Å². The van der Waals surface area contributed by atoms with Gasteiger partial charge in [-0.15, -0.1) is 0 Å². The fourth-order valence-corrected chi connectivity index (χ4v) is 1.54. The van der Waals surface area contributed by atoms with Crippen molar-refractivity contribution in [3.05, 3.63) is 29.1 Å². The Balaban J connectivity index is 3.07. The van der Waals surface area contributed by atoms with Crippen molar-refractivity contribution in [1.82, 2.24) is 0 Å². The van der Waals surface area contributed by atoms with Gasteiger partial charge in [-0.3, -0.25) is 0 Å². The van der Waals surface area contributed by atoms with Gasteiger partial charge in [0.2, 0.25) is 0 Å². The average molecular weight is 197 g/mol. The second-order valence-electron chi connectivity index (χ2n) is 3.64. The first kappa shape index (κ1) is 11.0. The van der Waals surface area contributed by atoms with Crippen LogP contribution in [-0.2, 0) is 0 Å². The van der Waals surface area contributed by atoms with Crippen LogP contribution in [0.15, 0.2) is 12.1 Å². The average Bonchev–Trinajstić information content (AvgIpc) is 2.11. The molecule has 0 heterocycles. The molecule has 1 aromatic rings. The Bertz CT molecular complexity index is 325. The topological polar surface area (TPSA) is 46.2 Å². The zero-order valence-electron chi connectivity index (χ0n) is 8.55. The van der Waals surface area contributed by atoms with E-state index >= 15 is 0 Å². The van der Waals surface area contributed by atoms with Crippen molar-refractivity contribution in [2.75, 3.05) is 6.54 Å². The summed E-state index contributed by atoms with van der Waals surface area (Å²) in [6.45, 7) is 4.08. The van der Waals surface area contributed by atoms with E-state index in [0.29, 0.717) is 17.7 Å². The summed E-state index contributed by atoms with van der Waals surface area (Å²) in [5.74, 6) is -0.0719. The second kappa shape index (κ2) is 4.42. The molecule has 1 aromatic carbocycles. The number of phenols is 1. The fraction of sp³-hybridized carbons (Fsp3) is 0.455. The molecule has 0 bridgehead atoms. The van der Waals surface area contributed by atoms with E-state index < -0.39 is 0 Å². The fourth-order valence-electron chi connectivity index (χ4n) is 1.54. The van der Waals surface area contributed by atoms with Crippen molar-refractivity contribution in [1.29, 1.82) is 0 Å². The summed E-state index contributed by atoms with van der Waals surface area (Å²) in [5, 5.41) is 9.34. The van der Waals surface area contributed by atoms with Gasteiger partial charge in [-0.05, 0) is 49.1 Å². The smallest absolute Gasteiger partial charge is 0.129 e. The minimum atomic E-state index is -0.233. The Morgan fingerprint density at radius 1 is 1.50 bits per heavy atom. The monoisotopic (exact) mass is 197 g/mol. The third-order valence-electron chi connectivity index (χ3n) is 2.40. The number of aromatic hydroxyl groups is 1. The van der Waals surface area contributed by atoms with Gasteiger partial charge in [-0.1, -0.05) is 6.92 Å². The molecule has 1 atom stereocenters. The van der Waals surface area contributed by atoms with Crippen LogP contribution in [0.4, 0.5) is 4.39 Å². The Labute approximate surface area is 83.6 Å². The molecule has 78 valence electrons. The number of halogens is 1. The molecule has 0 radical (unpaired) electrons. The lowest BCUT2D eigenvalue weighted by Crippen LogP contribution is -2.06. The standard InChI is InChI=1S/C11H16FNO/c1-7(3-4-13)10-6-9(14)5-8(2)11(10)12/h5-7,14H,3-4,13H2,1-2H3. The van der Waals surface area contributed by atoms with Gasteiger partial charge in [0.15, 0.2) is 0 Å². The summed E-state index contributed by atoms with van der Waals surface area (Å²) < 4.78 is 13.6. The molecule has 14 heavy (non-hydrogen) atoms. The van der Waals surface area contributed by atoms with Crippen molar-refractivity contribution in [2.45, 2.75) is 26.2 Å². The lowest BCUT2D eigenvalue weighted by Gasteiger charge is -2.13. The van der Waals surface area contributed by atoms with E-state index in [9.17, 15) is 9.50 Å². The molecule has 0 saturated carbocycles. The molecule has 0 aliphatic rings. The van der Waals surface area contributed by atoms with E-state index in [4.69, 9.17) is 5.73 Å². The summed E-state index contributed by atoms with van der Waals surface area (Å²) in [7, 11) is 0. The van der Waals surface area contributed by atoms with Crippen molar-refractivity contribution < 1.29 is 9.50 Å². The second-order valence-corrected chi connectivity index (χ2v) is 3.64. The van der Waals surface area contributed by atoms with Crippen LogP contribution < -0.4 is 5.73 Å². The van der Waals surface area contributed by atoms with Crippen molar-refractivity contribution in [3.63, 3.8) is 0 Å². The van der Waals surface area contributed by atoms with E-state index in [1.54, 1.807) is 6.92 Å². The number of hydrogen-bond donors (Lipinski definition) is 2. The van der Waals surface area contributed by atoms with Crippen LogP contribution in [0.2, 0.25) is 0 Å². The first-order valence-corrected chi connectivity index (χ1v) is 4.75. The lowest BCUT2D eigenvalue weighted by atomic mass is 9.95. The zero-order chi connectivity index (χ0) is 10.7. The molecule has 3 heteroatoms. The van der Waals surface area contributed by atoms with Gasteiger partial charge in [-0.2, -0.15) is 0 Å². The lowest BCUT2D eigenvalue weighted by molar-refractivity contribution is 0.468.